The van der Waals surface area contributed by atoms with Crippen LogP contribution in [0.4, 0.5) is 0 Å². The first-order valence-corrected chi connectivity index (χ1v) is 24.2. The molecule has 3 aromatic heterocycles. The molecule has 0 amide bonds. The Hall–Kier alpha value is -4.61. The summed E-state index contributed by atoms with van der Waals surface area (Å²) in [5, 5.41) is 3.70. The molecule has 6 heteroatoms. The van der Waals surface area contributed by atoms with Gasteiger partial charge in [0, 0.05) is 37.4 Å². The van der Waals surface area contributed by atoms with Crippen molar-refractivity contribution >= 4 is 46.2 Å². The van der Waals surface area contributed by atoms with E-state index in [-0.39, 0.29) is 20.1 Å². The number of pyridine rings is 1. The average molecular weight is 960 g/mol. The number of hydrogen-bond acceptors (Lipinski definition) is 3. The first kappa shape index (κ1) is 43.0. The quantitative estimate of drug-likeness (QED) is 0.101. The van der Waals surface area contributed by atoms with E-state index in [9.17, 15) is 0 Å². The molecule has 0 aliphatic carbocycles. The van der Waals surface area contributed by atoms with E-state index in [1.807, 2.05) is 36.4 Å². The molecular weight excluding hydrogens is 903 g/mol. The Morgan fingerprint density at radius 3 is 2.09 bits per heavy atom. The summed E-state index contributed by atoms with van der Waals surface area (Å²) in [5.74, 6) is 1.60. The minimum absolute atomic E-state index is 0. The van der Waals surface area contributed by atoms with Crippen LogP contribution in [0.1, 0.15) is 89.8 Å². The molecule has 3 heterocycles. The van der Waals surface area contributed by atoms with Gasteiger partial charge < -0.3 is 14.0 Å². The monoisotopic (exact) mass is 960 g/mol. The van der Waals surface area contributed by atoms with E-state index in [0.717, 1.165) is 62.0 Å². The van der Waals surface area contributed by atoms with Crippen LogP contribution in [0.25, 0.3) is 61.3 Å². The largest absolute Gasteiger partial charge is 0.501 e. The smallest absolute Gasteiger partial charge is 0.120 e. The zero-order valence-corrected chi connectivity index (χ0v) is 39.2. The van der Waals surface area contributed by atoms with Gasteiger partial charge in [0.2, 0.25) is 0 Å². The second-order valence-corrected chi connectivity index (χ2v) is 22.5. The van der Waals surface area contributed by atoms with E-state index in [1.54, 1.807) is 0 Å². The third-order valence-electron chi connectivity index (χ3n) is 11.8. The Morgan fingerprint density at radius 2 is 1.43 bits per heavy atom. The van der Waals surface area contributed by atoms with Gasteiger partial charge in [-0.1, -0.05) is 152 Å². The summed E-state index contributed by atoms with van der Waals surface area (Å²) in [5.41, 5.74) is 12.5. The maximum Gasteiger partial charge on any atom is 0.120 e. The van der Waals surface area contributed by atoms with Crippen LogP contribution in [0.2, 0.25) is 19.6 Å². The molecule has 301 valence electrons. The first-order valence-electron chi connectivity index (χ1n) is 20.7. The molecule has 0 fully saturated rings. The van der Waals surface area contributed by atoms with Crippen LogP contribution in [0.3, 0.4) is 0 Å². The van der Waals surface area contributed by atoms with Gasteiger partial charge in [-0.2, -0.15) is 0 Å². The summed E-state index contributed by atoms with van der Waals surface area (Å²) in [4.78, 5) is 9.91. The summed E-state index contributed by atoms with van der Waals surface area (Å²) >= 11 is 0. The number of aromatic nitrogens is 3. The summed E-state index contributed by atoms with van der Waals surface area (Å²) in [6, 6.07) is 44.5. The van der Waals surface area contributed by atoms with Crippen molar-refractivity contribution in [3.05, 3.63) is 144 Å². The zero-order chi connectivity index (χ0) is 40.5. The van der Waals surface area contributed by atoms with Gasteiger partial charge in [0.25, 0.3) is 0 Å². The van der Waals surface area contributed by atoms with E-state index in [0.29, 0.717) is 17.3 Å². The van der Waals surface area contributed by atoms with Gasteiger partial charge in [-0.25, -0.2) is 0 Å². The van der Waals surface area contributed by atoms with E-state index in [2.05, 4.69) is 164 Å². The van der Waals surface area contributed by atoms with Gasteiger partial charge in [0.05, 0.1) is 30.5 Å². The van der Waals surface area contributed by atoms with Gasteiger partial charge >= 0.3 is 0 Å². The number of hydrogen-bond donors (Lipinski definition) is 0. The predicted molar refractivity (Wildman–Crippen MR) is 245 cm³/mol. The molecule has 8 rings (SSSR count). The van der Waals surface area contributed by atoms with Crippen LogP contribution in [0, 0.1) is 17.5 Å². The fraction of sp³-hybridized carbons (Fsp3) is 0.308. The van der Waals surface area contributed by atoms with Crippen molar-refractivity contribution in [1.29, 1.82) is 0 Å². The Labute approximate surface area is 360 Å². The Kier molecular flexibility index (Phi) is 13.1. The predicted octanol–water partition coefficient (Wildman–Crippen LogP) is 14.1. The van der Waals surface area contributed by atoms with E-state index >= 15 is 0 Å². The molecule has 0 N–H and O–H groups in total. The molecule has 0 bridgehead atoms. The Morgan fingerprint density at radius 1 is 0.759 bits per heavy atom. The van der Waals surface area contributed by atoms with Crippen LogP contribution >= 0.6 is 0 Å². The van der Waals surface area contributed by atoms with Crippen LogP contribution < -0.4 is 5.19 Å². The minimum Gasteiger partial charge on any atom is -0.501 e. The fourth-order valence-corrected chi connectivity index (χ4v) is 9.60. The number of nitrogens with zero attached hydrogens (tertiary/aromatic N) is 3. The van der Waals surface area contributed by atoms with Crippen molar-refractivity contribution in [2.24, 2.45) is 5.41 Å². The normalized spacial score (nSPS) is 12.0. The van der Waals surface area contributed by atoms with Crippen molar-refractivity contribution in [2.45, 2.75) is 99.2 Å². The summed E-state index contributed by atoms with van der Waals surface area (Å²) < 4.78 is 8.73. The molecule has 4 nitrogen and oxygen atoms in total. The standard InChI is InChI=1S/C31H27N2O.C21H30NSi.Ir/c1-19(2)21-12-9-13-22(20(3)4)29(21)33-27-17-7-6-16-26(27)32-31(33)25-15-10-14-24-23-11-5-8-18-28(23)34-30(24)25;1-7-21(3,8-2)15-18-14-19(17-12-10-9-11-13-17)22-16-20(18)23(4,5)6;/h5-14,16-20H,1-4H3;9-12,14,16H,7-8,15H2,1-6H3;/q2*-1;. The Bertz CT molecular complexity index is 2620. The second-order valence-electron chi connectivity index (χ2n) is 17.5. The van der Waals surface area contributed by atoms with Crippen molar-refractivity contribution < 1.29 is 24.5 Å². The van der Waals surface area contributed by atoms with E-state index < -0.39 is 8.07 Å². The number of imidazole rings is 1. The van der Waals surface area contributed by atoms with Crippen molar-refractivity contribution in [3.8, 4) is 28.3 Å². The summed E-state index contributed by atoms with van der Waals surface area (Å²) in [6.45, 7) is 23.3. The van der Waals surface area contributed by atoms with Crippen LogP contribution in [-0.4, -0.2) is 22.6 Å². The van der Waals surface area contributed by atoms with Crippen LogP contribution in [-0.2, 0) is 26.5 Å². The number of rotatable bonds is 10. The number of benzene rings is 5. The van der Waals surface area contributed by atoms with Gasteiger partial charge in [-0.05, 0) is 63.9 Å². The molecule has 0 aliphatic rings. The molecular formula is C52H57IrN3OSi-2. The Balaban J connectivity index is 0.000000208. The van der Waals surface area contributed by atoms with E-state index in [1.165, 1.54) is 40.4 Å². The number of fused-ring (bicyclic) bond motifs is 4. The fourth-order valence-electron chi connectivity index (χ4n) is 8.02. The third kappa shape index (κ3) is 8.57. The molecule has 58 heavy (non-hydrogen) atoms. The third-order valence-corrected chi connectivity index (χ3v) is 13.9. The molecule has 0 spiro atoms. The van der Waals surface area contributed by atoms with Gasteiger partial charge in [-0.15, -0.1) is 54.1 Å². The summed E-state index contributed by atoms with van der Waals surface area (Å²) in [7, 11) is -1.40. The molecule has 0 unspecified atom stereocenters. The molecule has 5 aromatic carbocycles. The van der Waals surface area contributed by atoms with Gasteiger partial charge in [0.1, 0.15) is 5.58 Å². The van der Waals surface area contributed by atoms with Crippen molar-refractivity contribution in [1.82, 2.24) is 14.5 Å². The maximum atomic E-state index is 6.40. The molecule has 1 radical (unpaired) electrons. The molecule has 0 saturated carbocycles. The molecule has 0 aliphatic heterocycles. The van der Waals surface area contributed by atoms with Gasteiger partial charge in [0.15, 0.2) is 0 Å². The maximum absolute atomic E-state index is 6.40. The molecule has 0 saturated heterocycles. The van der Waals surface area contributed by atoms with E-state index in [4.69, 9.17) is 14.4 Å². The SMILES string of the molecule is CC(C)c1cccc(C(C)C)c1-n1c(-c2[c-]ccc3c2oc2ccccc23)nc2ccccc21.CCC(C)(CC)Cc1cc(-c2[c-]cccc2)ncc1[Si](C)(C)C.[Ir]. The van der Waals surface area contributed by atoms with Crippen molar-refractivity contribution in [2.75, 3.05) is 0 Å². The van der Waals surface area contributed by atoms with Crippen molar-refractivity contribution in [3.63, 3.8) is 0 Å². The number of furan rings is 1. The molecule has 0 atom stereocenters. The van der Waals surface area contributed by atoms with Crippen LogP contribution in [0.5, 0.6) is 0 Å². The summed E-state index contributed by atoms with van der Waals surface area (Å²) in [6.07, 6.45) is 5.71. The topological polar surface area (TPSA) is 43.9 Å². The van der Waals surface area contributed by atoms with Gasteiger partial charge in [-0.3, -0.25) is 4.98 Å². The molecule has 8 aromatic rings. The zero-order valence-electron chi connectivity index (χ0n) is 35.8. The number of para-hydroxylation sites is 4. The average Bonchev–Trinajstić information content (AvgIpc) is 3.79. The first-order chi connectivity index (χ1) is 27.3. The minimum atomic E-state index is -1.40. The van der Waals surface area contributed by atoms with Crippen LogP contribution in [0.15, 0.2) is 120 Å². The second kappa shape index (κ2) is 17.7.